The van der Waals surface area contributed by atoms with Crippen LogP contribution in [0, 0.1) is 0 Å². The van der Waals surface area contributed by atoms with Crippen molar-refractivity contribution >= 4 is 11.8 Å². The number of carbonyl (C=O) groups is 2. The molecule has 0 spiro atoms. The fraction of sp³-hybridized carbons (Fsp3) is 0.750. The van der Waals surface area contributed by atoms with Crippen LogP contribution in [-0.2, 0) is 9.59 Å². The molecule has 0 bridgehead atoms. The highest BCUT2D eigenvalue weighted by Crippen LogP contribution is 2.03. The minimum Gasteiger partial charge on any atom is -0.853 e. The summed E-state index contributed by atoms with van der Waals surface area (Å²) in [5, 5.41) is 18.9. The monoisotopic (exact) mass is 201 g/mol. The van der Waals surface area contributed by atoms with Gasteiger partial charge in [-0.05, 0) is 0 Å². The van der Waals surface area contributed by atoms with E-state index in [1.54, 1.807) is 0 Å². The van der Waals surface area contributed by atoms with Crippen LogP contribution in [0.3, 0.4) is 0 Å². The van der Waals surface area contributed by atoms with E-state index in [4.69, 9.17) is 5.11 Å². The highest BCUT2D eigenvalue weighted by atomic mass is 16.3. The van der Waals surface area contributed by atoms with Gasteiger partial charge in [0.15, 0.2) is 0 Å². The minimum atomic E-state index is -0.390. The molecule has 2 amide bonds. The molecule has 1 saturated heterocycles. The first-order chi connectivity index (χ1) is 6.69. The van der Waals surface area contributed by atoms with Crippen LogP contribution in [0.2, 0.25) is 0 Å². The third-order valence-corrected chi connectivity index (χ3v) is 2.09. The molecule has 1 fully saturated rings. The van der Waals surface area contributed by atoms with E-state index in [-0.39, 0.29) is 51.2 Å². The lowest BCUT2D eigenvalue weighted by Gasteiger charge is -2.34. The van der Waals surface area contributed by atoms with Crippen LogP contribution in [0.25, 0.3) is 0 Å². The van der Waals surface area contributed by atoms with Gasteiger partial charge >= 0.3 is 0 Å². The van der Waals surface area contributed by atoms with E-state index in [1.807, 2.05) is 0 Å². The molecule has 1 N–H and O–H groups in total. The van der Waals surface area contributed by atoms with Gasteiger partial charge < -0.3 is 20.0 Å². The maximum Gasteiger partial charge on any atom is 0.242 e. The summed E-state index contributed by atoms with van der Waals surface area (Å²) in [5.41, 5.74) is 0. The van der Waals surface area contributed by atoms with Crippen molar-refractivity contribution in [1.29, 1.82) is 0 Å². The number of aliphatic hydroxyl groups is 1. The van der Waals surface area contributed by atoms with Gasteiger partial charge in [-0.25, -0.2) is 0 Å². The summed E-state index contributed by atoms with van der Waals surface area (Å²) in [6.45, 7) is -0.354. The van der Waals surface area contributed by atoms with Gasteiger partial charge in [0, 0.05) is 13.1 Å². The molecule has 6 nitrogen and oxygen atoms in total. The number of hydrogen-bond donors (Lipinski definition) is 1. The van der Waals surface area contributed by atoms with Gasteiger partial charge in [0.2, 0.25) is 11.8 Å². The van der Waals surface area contributed by atoms with E-state index >= 15 is 0 Å². The van der Waals surface area contributed by atoms with Crippen molar-refractivity contribution in [2.45, 2.75) is 0 Å². The molecule has 14 heavy (non-hydrogen) atoms. The summed E-state index contributed by atoms with van der Waals surface area (Å²) in [7, 11) is 0. The molecule has 0 aromatic carbocycles. The number of amides is 2. The average Bonchev–Trinajstić information content (AvgIpc) is 2.14. The topological polar surface area (TPSA) is 83.9 Å². The zero-order chi connectivity index (χ0) is 10.6. The van der Waals surface area contributed by atoms with Gasteiger partial charge in [-0.3, -0.25) is 9.59 Å². The number of carbonyl (C=O) groups excluding carboxylic acids is 2. The maximum absolute atomic E-state index is 11.3. The van der Waals surface area contributed by atoms with E-state index in [1.165, 1.54) is 9.80 Å². The molecule has 0 atom stereocenters. The molecular weight excluding hydrogens is 188 g/mol. The molecule has 0 aliphatic carbocycles. The second-order valence-electron chi connectivity index (χ2n) is 3.06. The minimum absolute atomic E-state index is 0.0284. The summed E-state index contributed by atoms with van der Waals surface area (Å²) >= 11 is 0. The van der Waals surface area contributed by atoms with Gasteiger partial charge in [0.25, 0.3) is 0 Å². The first kappa shape index (κ1) is 10.9. The Hall–Kier alpha value is -1.14. The Morgan fingerprint density at radius 1 is 1.14 bits per heavy atom. The number of hydrogen-bond acceptors (Lipinski definition) is 4. The van der Waals surface area contributed by atoms with Crippen molar-refractivity contribution in [2.24, 2.45) is 0 Å². The lowest BCUT2D eigenvalue weighted by Crippen LogP contribution is -2.55. The fourth-order valence-electron chi connectivity index (χ4n) is 1.34. The Morgan fingerprint density at radius 2 is 1.64 bits per heavy atom. The molecule has 6 heteroatoms. The predicted molar refractivity (Wildman–Crippen MR) is 45.1 cm³/mol. The molecule has 0 saturated carbocycles. The zero-order valence-corrected chi connectivity index (χ0v) is 7.81. The lowest BCUT2D eigenvalue weighted by molar-refractivity contribution is -0.368. The van der Waals surface area contributed by atoms with Gasteiger partial charge in [-0.15, -0.1) is 6.61 Å². The van der Waals surface area contributed by atoms with Crippen LogP contribution in [-0.4, -0.2) is 66.1 Å². The van der Waals surface area contributed by atoms with Crippen molar-refractivity contribution in [3.63, 3.8) is 0 Å². The summed E-state index contributed by atoms with van der Waals surface area (Å²) in [6.07, 6.45) is 0. The highest BCUT2D eigenvalue weighted by Gasteiger charge is 2.28. The summed E-state index contributed by atoms with van der Waals surface area (Å²) in [6, 6.07) is 0. The van der Waals surface area contributed by atoms with Gasteiger partial charge in [0.05, 0.1) is 19.7 Å². The molecular formula is C8H13N2O4-. The fourth-order valence-corrected chi connectivity index (χ4v) is 1.34. The summed E-state index contributed by atoms with van der Waals surface area (Å²) in [4.78, 5) is 25.2. The van der Waals surface area contributed by atoms with Crippen molar-refractivity contribution < 1.29 is 19.8 Å². The molecule has 80 valence electrons. The normalized spacial score (nSPS) is 17.9. The largest absolute Gasteiger partial charge is 0.853 e. The summed E-state index contributed by atoms with van der Waals surface area (Å²) in [5.74, 6) is -0.444. The Bertz CT molecular complexity index is 207. The zero-order valence-electron chi connectivity index (χ0n) is 7.81. The number of β-amino-alcohol motifs (C(OH)–C–C–N with tert-alkyl or cyclic N) is 1. The number of aliphatic hydroxyl groups excluding tert-OH is 1. The number of rotatable bonds is 4. The van der Waals surface area contributed by atoms with Crippen LogP contribution in [0.1, 0.15) is 0 Å². The standard InChI is InChI=1S/C8H13N2O4/c11-3-1-9-5-8(14)10(2-4-12)6-7(9)13/h11H,1-6H2/q-1. The molecule has 1 aliphatic rings. The van der Waals surface area contributed by atoms with Crippen molar-refractivity contribution in [2.75, 3.05) is 39.4 Å². The molecule has 0 aromatic heterocycles. The Labute approximate surface area is 81.7 Å². The van der Waals surface area contributed by atoms with Crippen LogP contribution < -0.4 is 5.11 Å². The SMILES string of the molecule is O=C1CN(CCO)C(=O)CN1CC[O-]. The highest BCUT2D eigenvalue weighted by molar-refractivity contribution is 5.92. The van der Waals surface area contributed by atoms with Crippen LogP contribution in [0.4, 0.5) is 0 Å². The lowest BCUT2D eigenvalue weighted by atomic mass is 10.3. The van der Waals surface area contributed by atoms with E-state index < -0.39 is 0 Å². The summed E-state index contributed by atoms with van der Waals surface area (Å²) < 4.78 is 0. The van der Waals surface area contributed by atoms with E-state index in [2.05, 4.69) is 0 Å². The van der Waals surface area contributed by atoms with E-state index in [9.17, 15) is 14.7 Å². The predicted octanol–water partition coefficient (Wildman–Crippen LogP) is -2.99. The quantitative estimate of drug-likeness (QED) is 0.525. The first-order valence-electron chi connectivity index (χ1n) is 4.43. The van der Waals surface area contributed by atoms with E-state index in [0.29, 0.717) is 0 Å². The number of piperazine rings is 1. The molecule has 1 aliphatic heterocycles. The Kier molecular flexibility index (Phi) is 3.84. The van der Waals surface area contributed by atoms with Gasteiger partial charge in [-0.1, -0.05) is 0 Å². The second-order valence-corrected chi connectivity index (χ2v) is 3.06. The van der Waals surface area contributed by atoms with Crippen LogP contribution >= 0.6 is 0 Å². The second kappa shape index (κ2) is 4.92. The van der Waals surface area contributed by atoms with Crippen LogP contribution in [0.5, 0.6) is 0 Å². The van der Waals surface area contributed by atoms with Gasteiger partial charge in [-0.2, -0.15) is 0 Å². The van der Waals surface area contributed by atoms with E-state index in [0.717, 1.165) is 0 Å². The smallest absolute Gasteiger partial charge is 0.242 e. The molecule has 0 aromatic rings. The third-order valence-electron chi connectivity index (χ3n) is 2.09. The van der Waals surface area contributed by atoms with Crippen LogP contribution in [0.15, 0.2) is 0 Å². The first-order valence-corrected chi connectivity index (χ1v) is 4.43. The molecule has 0 radical (unpaired) electrons. The Balaban J connectivity index is 2.53. The third kappa shape index (κ3) is 2.43. The van der Waals surface area contributed by atoms with Crippen molar-refractivity contribution in [1.82, 2.24) is 9.80 Å². The number of nitrogens with zero attached hydrogens (tertiary/aromatic N) is 2. The molecule has 1 rings (SSSR count). The average molecular weight is 201 g/mol. The van der Waals surface area contributed by atoms with Crippen molar-refractivity contribution in [3.8, 4) is 0 Å². The maximum atomic E-state index is 11.3. The van der Waals surface area contributed by atoms with Gasteiger partial charge in [0.1, 0.15) is 0 Å². The molecule has 1 heterocycles. The van der Waals surface area contributed by atoms with Crippen molar-refractivity contribution in [3.05, 3.63) is 0 Å². The Morgan fingerprint density at radius 3 is 2.07 bits per heavy atom. The molecule has 0 unspecified atom stereocenters.